The molecule has 0 saturated heterocycles. The summed E-state index contributed by atoms with van der Waals surface area (Å²) in [4.78, 5) is 15.5. The van der Waals surface area contributed by atoms with Gasteiger partial charge in [-0.25, -0.2) is 0 Å². The lowest BCUT2D eigenvalue weighted by atomic mass is 10.2. The lowest BCUT2D eigenvalue weighted by molar-refractivity contribution is -0.145. The molecular weight excluding hydrogens is 460 g/mol. The van der Waals surface area contributed by atoms with Crippen molar-refractivity contribution in [2.45, 2.75) is 39.3 Å². The molecule has 0 saturated carbocycles. The highest BCUT2D eigenvalue weighted by molar-refractivity contribution is 9.10. The molecule has 0 atom stereocenters. The monoisotopic (exact) mass is 485 g/mol. The first-order chi connectivity index (χ1) is 14.4. The minimum atomic E-state index is -0.654. The van der Waals surface area contributed by atoms with Crippen molar-refractivity contribution in [3.8, 4) is 5.75 Å². The number of ether oxygens (including phenoxy) is 2. The lowest BCUT2D eigenvalue weighted by Crippen LogP contribution is -2.27. The summed E-state index contributed by atoms with van der Waals surface area (Å²) in [6, 6.07) is 29.4. The quantitative estimate of drug-likeness (QED) is 0.155. The fraction of sp³-hybridized carbons (Fsp3) is 0.240. The van der Waals surface area contributed by atoms with E-state index in [4.69, 9.17) is 9.47 Å². The van der Waals surface area contributed by atoms with Crippen LogP contribution in [0.15, 0.2) is 99.6 Å². The van der Waals surface area contributed by atoms with Crippen LogP contribution in [0.3, 0.4) is 0 Å². The average Bonchev–Trinajstić information content (AvgIpc) is 2.75. The molecule has 3 nitrogen and oxygen atoms in total. The molecule has 0 aliphatic heterocycles. The van der Waals surface area contributed by atoms with Gasteiger partial charge in [0.25, 0.3) is 0 Å². The zero-order chi connectivity index (χ0) is 21.4. The number of carbonyl (C=O) groups excluding carboxylic acids is 1. The van der Waals surface area contributed by atoms with Gasteiger partial charge in [0.15, 0.2) is 14.7 Å². The highest BCUT2D eigenvalue weighted by Gasteiger charge is 2.28. The number of hydrogen-bond acceptors (Lipinski definition) is 3. The van der Waals surface area contributed by atoms with Gasteiger partial charge in [-0.2, -0.15) is 0 Å². The molecule has 5 heteroatoms. The largest absolute Gasteiger partial charge is 0.493 e. The lowest BCUT2D eigenvalue weighted by Gasteiger charge is -2.14. The van der Waals surface area contributed by atoms with Crippen molar-refractivity contribution in [3.05, 3.63) is 84.9 Å². The Bertz CT molecular complexity index is 883. The third-order valence-electron chi connectivity index (χ3n) is 4.29. The minimum absolute atomic E-state index is 0.163. The number of alkyl halides is 1. The molecule has 0 spiro atoms. The maximum atomic E-state index is 11.7. The molecular formula is C25H26BrO3S+. The van der Waals surface area contributed by atoms with Gasteiger partial charge < -0.3 is 9.47 Å². The SMILES string of the molecule is CC(C)(Br)C(=O)OCCCOc1ccc([S+](c2ccccc2)c2ccccc2)cc1. The third-order valence-corrected chi connectivity index (χ3v) is 6.85. The normalized spacial score (nSPS) is 11.3. The van der Waals surface area contributed by atoms with Crippen molar-refractivity contribution in [2.24, 2.45) is 0 Å². The van der Waals surface area contributed by atoms with Crippen LogP contribution >= 0.6 is 15.9 Å². The molecule has 0 unspecified atom stereocenters. The van der Waals surface area contributed by atoms with Gasteiger partial charge in [-0.3, -0.25) is 4.79 Å². The Hall–Kier alpha value is -2.24. The Kier molecular flexibility index (Phi) is 8.00. The summed E-state index contributed by atoms with van der Waals surface area (Å²) in [6.07, 6.45) is 0.648. The van der Waals surface area contributed by atoms with E-state index in [1.807, 2.05) is 24.3 Å². The van der Waals surface area contributed by atoms with E-state index in [-0.39, 0.29) is 16.9 Å². The Labute approximate surface area is 189 Å². The van der Waals surface area contributed by atoms with Gasteiger partial charge in [0.2, 0.25) is 0 Å². The first-order valence-corrected chi connectivity index (χ1v) is 11.9. The molecule has 30 heavy (non-hydrogen) atoms. The van der Waals surface area contributed by atoms with Gasteiger partial charge in [-0.05, 0) is 62.4 Å². The van der Waals surface area contributed by atoms with Crippen molar-refractivity contribution in [3.63, 3.8) is 0 Å². The van der Waals surface area contributed by atoms with Crippen molar-refractivity contribution in [2.75, 3.05) is 13.2 Å². The van der Waals surface area contributed by atoms with E-state index in [2.05, 4.69) is 76.6 Å². The molecule has 0 aliphatic rings. The predicted octanol–water partition coefficient (Wildman–Crippen LogP) is 6.27. The first kappa shape index (κ1) is 22.4. The van der Waals surface area contributed by atoms with Crippen LogP contribution in [0.2, 0.25) is 0 Å². The smallest absolute Gasteiger partial charge is 0.322 e. The second-order valence-electron chi connectivity index (χ2n) is 7.21. The molecule has 0 bridgehead atoms. The van der Waals surface area contributed by atoms with Crippen LogP contribution in [0.4, 0.5) is 0 Å². The van der Waals surface area contributed by atoms with Crippen LogP contribution in [0.1, 0.15) is 20.3 Å². The summed E-state index contributed by atoms with van der Waals surface area (Å²) >= 11 is 3.30. The fourth-order valence-corrected chi connectivity index (χ4v) is 4.98. The molecule has 3 aromatic rings. The van der Waals surface area contributed by atoms with Crippen LogP contribution in [0, 0.1) is 0 Å². The van der Waals surface area contributed by atoms with Crippen LogP contribution < -0.4 is 4.74 Å². The summed E-state index contributed by atoms with van der Waals surface area (Å²) in [5, 5.41) is 0. The van der Waals surface area contributed by atoms with E-state index in [0.29, 0.717) is 19.6 Å². The molecule has 0 N–H and O–H groups in total. The minimum Gasteiger partial charge on any atom is -0.493 e. The second kappa shape index (κ2) is 10.7. The zero-order valence-electron chi connectivity index (χ0n) is 17.2. The number of esters is 1. The number of rotatable bonds is 9. The van der Waals surface area contributed by atoms with Gasteiger partial charge in [0.1, 0.15) is 10.1 Å². The molecule has 0 fully saturated rings. The van der Waals surface area contributed by atoms with E-state index in [1.54, 1.807) is 13.8 Å². The topological polar surface area (TPSA) is 35.5 Å². The number of halogens is 1. The van der Waals surface area contributed by atoms with Crippen LogP contribution in [0.25, 0.3) is 0 Å². The Balaban J connectivity index is 1.61. The molecule has 0 aromatic heterocycles. The summed E-state index contributed by atoms with van der Waals surface area (Å²) in [6.45, 7) is 4.38. The molecule has 0 amide bonds. The molecule has 156 valence electrons. The van der Waals surface area contributed by atoms with E-state index >= 15 is 0 Å². The third kappa shape index (κ3) is 6.38. The summed E-state index contributed by atoms with van der Waals surface area (Å²) < 4.78 is 10.4. The number of hydrogen-bond donors (Lipinski definition) is 0. The fourth-order valence-electron chi connectivity index (χ4n) is 2.78. The highest BCUT2D eigenvalue weighted by atomic mass is 79.9. The van der Waals surface area contributed by atoms with Gasteiger partial charge in [-0.1, -0.05) is 52.3 Å². The van der Waals surface area contributed by atoms with Crippen LogP contribution in [0.5, 0.6) is 5.75 Å². The summed E-state index contributed by atoms with van der Waals surface area (Å²) in [7, 11) is -0.163. The van der Waals surface area contributed by atoms with Crippen molar-refractivity contribution < 1.29 is 14.3 Å². The van der Waals surface area contributed by atoms with E-state index in [0.717, 1.165) is 5.75 Å². The van der Waals surface area contributed by atoms with Crippen molar-refractivity contribution >= 4 is 32.8 Å². The standard InChI is InChI=1S/C25H26BrO3S/c1-25(2,26)24(27)29-19-9-18-28-20-14-16-23(17-15-20)30(21-10-5-3-6-11-21)22-12-7-4-8-13-22/h3-8,10-17H,9,18-19H2,1-2H3/q+1. The average molecular weight is 486 g/mol. The van der Waals surface area contributed by atoms with Gasteiger partial charge in [0, 0.05) is 6.42 Å². The Morgan fingerprint density at radius 3 is 1.80 bits per heavy atom. The number of carbonyl (C=O) groups is 1. The zero-order valence-corrected chi connectivity index (χ0v) is 19.6. The van der Waals surface area contributed by atoms with E-state index in [9.17, 15) is 4.79 Å². The maximum Gasteiger partial charge on any atom is 0.322 e. The molecule has 0 aliphatic carbocycles. The first-order valence-electron chi connectivity index (χ1n) is 9.88. The van der Waals surface area contributed by atoms with E-state index in [1.165, 1.54) is 14.7 Å². The van der Waals surface area contributed by atoms with Gasteiger partial charge >= 0.3 is 5.97 Å². The molecule has 0 heterocycles. The molecule has 3 rings (SSSR count). The van der Waals surface area contributed by atoms with E-state index < -0.39 is 4.32 Å². The summed E-state index contributed by atoms with van der Waals surface area (Å²) in [5.74, 6) is 0.552. The molecule has 0 radical (unpaired) electrons. The molecule has 3 aromatic carbocycles. The van der Waals surface area contributed by atoms with Gasteiger partial charge in [0.05, 0.1) is 24.1 Å². The van der Waals surface area contributed by atoms with Crippen molar-refractivity contribution in [1.82, 2.24) is 0 Å². The van der Waals surface area contributed by atoms with Crippen LogP contribution in [-0.2, 0) is 20.4 Å². The maximum absolute atomic E-state index is 11.7. The van der Waals surface area contributed by atoms with Crippen LogP contribution in [-0.4, -0.2) is 23.5 Å². The summed E-state index contributed by atoms with van der Waals surface area (Å²) in [5.41, 5.74) is 0. The van der Waals surface area contributed by atoms with Gasteiger partial charge in [-0.15, -0.1) is 0 Å². The Morgan fingerprint density at radius 2 is 1.30 bits per heavy atom. The Morgan fingerprint density at radius 1 is 0.800 bits per heavy atom. The highest BCUT2D eigenvalue weighted by Crippen LogP contribution is 2.31. The number of benzene rings is 3. The predicted molar refractivity (Wildman–Crippen MR) is 126 cm³/mol. The van der Waals surface area contributed by atoms with Crippen molar-refractivity contribution in [1.29, 1.82) is 0 Å². The second-order valence-corrected chi connectivity index (χ2v) is 11.2.